The summed E-state index contributed by atoms with van der Waals surface area (Å²) in [5, 5.41) is 1.24. The molecule has 2 heterocycles. The maximum absolute atomic E-state index is 12.9. The van der Waals surface area contributed by atoms with Crippen molar-refractivity contribution in [1.82, 2.24) is 9.47 Å². The van der Waals surface area contributed by atoms with Crippen LogP contribution in [-0.4, -0.2) is 33.7 Å². The maximum Gasteiger partial charge on any atom is 0.233 e. The highest BCUT2D eigenvalue weighted by molar-refractivity contribution is 8.00. The van der Waals surface area contributed by atoms with E-state index in [1.807, 2.05) is 0 Å². The molecule has 4 heteroatoms. The molecule has 0 bridgehead atoms. The summed E-state index contributed by atoms with van der Waals surface area (Å²) in [4.78, 5) is 16.2. The van der Waals surface area contributed by atoms with Crippen LogP contribution in [0.5, 0.6) is 0 Å². The predicted octanol–water partition coefficient (Wildman–Crippen LogP) is 5.88. The number of fused-ring (bicyclic) bond motifs is 1. The van der Waals surface area contributed by atoms with Crippen molar-refractivity contribution in [3.8, 4) is 0 Å². The normalized spacial score (nSPS) is 17.0. The molecule has 1 fully saturated rings. The fourth-order valence-electron chi connectivity index (χ4n) is 4.41. The molecule has 1 atom stereocenters. The molecule has 1 aliphatic rings. The number of likely N-dealkylation sites (tertiary alicyclic amines) is 1. The lowest BCUT2D eigenvalue weighted by atomic mass is 10.0. The summed E-state index contributed by atoms with van der Waals surface area (Å²) < 4.78 is 2.32. The minimum atomic E-state index is 0.289. The first-order valence-electron chi connectivity index (χ1n) is 10.7. The Bertz CT molecular complexity index is 993. The third kappa shape index (κ3) is 4.37. The summed E-state index contributed by atoms with van der Waals surface area (Å²) in [5.41, 5.74) is 3.88. The number of hydrogen-bond donors (Lipinski definition) is 0. The van der Waals surface area contributed by atoms with E-state index in [1.54, 1.807) is 11.8 Å². The molecule has 1 amide bonds. The van der Waals surface area contributed by atoms with Crippen LogP contribution >= 0.6 is 11.8 Å². The Labute approximate surface area is 178 Å². The molecule has 1 aromatic heterocycles. The van der Waals surface area contributed by atoms with Crippen molar-refractivity contribution in [2.75, 3.05) is 12.3 Å². The van der Waals surface area contributed by atoms with Gasteiger partial charge in [0.1, 0.15) is 0 Å². The first-order valence-corrected chi connectivity index (χ1v) is 11.7. The quantitative estimate of drug-likeness (QED) is 0.478. The van der Waals surface area contributed by atoms with E-state index in [0.29, 0.717) is 11.8 Å². The van der Waals surface area contributed by atoms with Crippen molar-refractivity contribution >= 4 is 28.6 Å². The molecule has 2 aromatic carbocycles. The van der Waals surface area contributed by atoms with E-state index >= 15 is 0 Å². The number of rotatable bonds is 6. The van der Waals surface area contributed by atoms with E-state index < -0.39 is 0 Å². The Balaban J connectivity index is 1.53. The summed E-state index contributed by atoms with van der Waals surface area (Å²) in [7, 11) is 0. The molecule has 1 saturated heterocycles. The molecule has 152 valence electrons. The number of piperidine rings is 1. The third-order valence-electron chi connectivity index (χ3n) is 6.12. The van der Waals surface area contributed by atoms with Gasteiger partial charge >= 0.3 is 0 Å². The molecule has 3 nitrogen and oxygen atoms in total. The van der Waals surface area contributed by atoms with Gasteiger partial charge in [0.15, 0.2) is 0 Å². The van der Waals surface area contributed by atoms with Gasteiger partial charge in [0.05, 0.1) is 5.75 Å². The Kier molecular flexibility index (Phi) is 6.29. The topological polar surface area (TPSA) is 25.2 Å². The van der Waals surface area contributed by atoms with Gasteiger partial charge in [-0.25, -0.2) is 0 Å². The van der Waals surface area contributed by atoms with Crippen LogP contribution in [0.2, 0.25) is 0 Å². The van der Waals surface area contributed by atoms with Crippen LogP contribution in [0.4, 0.5) is 0 Å². The highest BCUT2D eigenvalue weighted by Crippen LogP contribution is 2.31. The van der Waals surface area contributed by atoms with E-state index in [4.69, 9.17) is 0 Å². The van der Waals surface area contributed by atoms with E-state index in [1.165, 1.54) is 33.3 Å². The van der Waals surface area contributed by atoms with Gasteiger partial charge in [0, 0.05) is 41.1 Å². The molecule has 0 N–H and O–H groups in total. The minimum Gasteiger partial charge on any atom is -0.342 e. The van der Waals surface area contributed by atoms with Crippen LogP contribution in [-0.2, 0) is 11.3 Å². The van der Waals surface area contributed by atoms with Gasteiger partial charge in [-0.1, -0.05) is 49.4 Å². The first kappa shape index (κ1) is 20.1. The number of carbonyl (C=O) groups excluding carboxylic acids is 1. The van der Waals surface area contributed by atoms with Crippen molar-refractivity contribution in [2.24, 2.45) is 0 Å². The Morgan fingerprint density at radius 2 is 1.90 bits per heavy atom. The Morgan fingerprint density at radius 1 is 1.10 bits per heavy atom. The van der Waals surface area contributed by atoms with Crippen LogP contribution in [0.3, 0.4) is 0 Å². The largest absolute Gasteiger partial charge is 0.342 e. The zero-order valence-electron chi connectivity index (χ0n) is 17.4. The molecule has 0 spiro atoms. The predicted molar refractivity (Wildman–Crippen MR) is 123 cm³/mol. The Morgan fingerprint density at radius 3 is 2.72 bits per heavy atom. The zero-order chi connectivity index (χ0) is 20.2. The van der Waals surface area contributed by atoms with Gasteiger partial charge < -0.3 is 9.47 Å². The lowest BCUT2D eigenvalue weighted by Gasteiger charge is -2.35. The summed E-state index contributed by atoms with van der Waals surface area (Å²) in [6.45, 7) is 6.14. The summed E-state index contributed by atoms with van der Waals surface area (Å²) >= 11 is 1.69. The number of hydrogen-bond acceptors (Lipinski definition) is 2. The van der Waals surface area contributed by atoms with E-state index in [2.05, 4.69) is 78.0 Å². The maximum atomic E-state index is 12.9. The number of para-hydroxylation sites is 1. The lowest BCUT2D eigenvalue weighted by Crippen LogP contribution is -2.44. The van der Waals surface area contributed by atoms with E-state index in [9.17, 15) is 4.79 Å². The molecule has 0 unspecified atom stereocenters. The van der Waals surface area contributed by atoms with Gasteiger partial charge in [0.2, 0.25) is 5.91 Å². The van der Waals surface area contributed by atoms with Crippen LogP contribution in [0.1, 0.15) is 43.7 Å². The highest BCUT2D eigenvalue weighted by Gasteiger charge is 2.25. The van der Waals surface area contributed by atoms with Crippen LogP contribution in [0.15, 0.2) is 59.6 Å². The summed E-state index contributed by atoms with van der Waals surface area (Å²) in [5.74, 6) is 0.812. The van der Waals surface area contributed by atoms with Gasteiger partial charge in [-0.3, -0.25) is 4.79 Å². The van der Waals surface area contributed by atoms with Crippen molar-refractivity contribution in [3.63, 3.8) is 0 Å². The number of amides is 1. The summed E-state index contributed by atoms with van der Waals surface area (Å²) in [6.07, 6.45) is 6.84. The molecular formula is C25H30N2OS. The highest BCUT2D eigenvalue weighted by atomic mass is 32.2. The number of thioether (sulfide) groups is 1. The lowest BCUT2D eigenvalue weighted by molar-refractivity contribution is -0.132. The monoisotopic (exact) mass is 406 g/mol. The molecule has 1 aliphatic heterocycles. The van der Waals surface area contributed by atoms with E-state index in [0.717, 1.165) is 32.4 Å². The van der Waals surface area contributed by atoms with Crippen molar-refractivity contribution in [2.45, 2.75) is 57.0 Å². The van der Waals surface area contributed by atoms with E-state index in [-0.39, 0.29) is 5.91 Å². The molecule has 0 radical (unpaired) electrons. The summed E-state index contributed by atoms with van der Waals surface area (Å²) in [6, 6.07) is 17.5. The number of aryl methyl sites for hydroxylation is 1. The van der Waals surface area contributed by atoms with Crippen LogP contribution < -0.4 is 0 Å². The fourth-order valence-corrected chi connectivity index (χ4v) is 5.38. The molecular weight excluding hydrogens is 376 g/mol. The zero-order valence-corrected chi connectivity index (χ0v) is 18.3. The number of carbonyl (C=O) groups is 1. The second kappa shape index (κ2) is 9.08. The van der Waals surface area contributed by atoms with Gasteiger partial charge in [-0.2, -0.15) is 0 Å². The second-order valence-corrected chi connectivity index (χ2v) is 9.02. The molecule has 0 saturated carbocycles. The smallest absolute Gasteiger partial charge is 0.233 e. The SMILES string of the molecule is CC[C@H]1CCCCN1C(=O)CSc1cn(Cc2ccccc2C)c2ccccc12. The first-order chi connectivity index (χ1) is 14.2. The average Bonchev–Trinajstić information content (AvgIpc) is 3.11. The minimum absolute atomic E-state index is 0.289. The standard InChI is InChI=1S/C25H30N2OS/c1-3-21-12-8-9-15-27(21)25(28)18-29-24-17-26(23-14-7-6-13-22(23)24)16-20-11-5-4-10-19(20)2/h4-7,10-11,13-14,17,21H,3,8-9,12,15-16,18H2,1-2H3/t21-/m0/s1. The molecule has 3 aromatic rings. The Hall–Kier alpha value is -2.20. The van der Waals surface area contributed by atoms with Crippen molar-refractivity contribution in [1.29, 1.82) is 0 Å². The number of aromatic nitrogens is 1. The van der Waals surface area contributed by atoms with Gasteiger partial charge in [-0.05, 0) is 49.8 Å². The van der Waals surface area contributed by atoms with Crippen molar-refractivity contribution < 1.29 is 4.79 Å². The number of benzene rings is 2. The van der Waals surface area contributed by atoms with Crippen molar-refractivity contribution in [3.05, 3.63) is 65.9 Å². The molecule has 4 rings (SSSR count). The van der Waals surface area contributed by atoms with Crippen LogP contribution in [0.25, 0.3) is 10.9 Å². The molecule has 29 heavy (non-hydrogen) atoms. The average molecular weight is 407 g/mol. The number of nitrogens with zero attached hydrogens (tertiary/aromatic N) is 2. The van der Waals surface area contributed by atoms with Gasteiger partial charge in [0.25, 0.3) is 0 Å². The molecule has 0 aliphatic carbocycles. The third-order valence-corrected chi connectivity index (χ3v) is 7.15. The van der Waals surface area contributed by atoms with Crippen LogP contribution in [0, 0.1) is 6.92 Å². The second-order valence-electron chi connectivity index (χ2n) is 8.00. The fraction of sp³-hybridized carbons (Fsp3) is 0.400. The van der Waals surface area contributed by atoms with Gasteiger partial charge in [-0.15, -0.1) is 11.8 Å².